The van der Waals surface area contributed by atoms with Crippen molar-refractivity contribution in [1.82, 2.24) is 4.90 Å². The van der Waals surface area contributed by atoms with Crippen LogP contribution in [0.4, 0.5) is 0 Å². The van der Waals surface area contributed by atoms with Crippen LogP contribution in [-0.4, -0.2) is 24.0 Å². The van der Waals surface area contributed by atoms with Gasteiger partial charge in [0, 0.05) is 12.6 Å². The zero-order valence-corrected chi connectivity index (χ0v) is 10.9. The quantitative estimate of drug-likeness (QED) is 0.640. The van der Waals surface area contributed by atoms with E-state index in [0.717, 1.165) is 29.7 Å². The Balaban J connectivity index is 1.99. The van der Waals surface area contributed by atoms with Gasteiger partial charge in [-0.05, 0) is 56.9 Å². The third kappa shape index (κ3) is 2.08. The molecule has 0 aromatic heterocycles. The molecule has 1 aliphatic heterocycles. The smallest absolute Gasteiger partial charge is 0.00387 e. The summed E-state index contributed by atoms with van der Waals surface area (Å²) >= 11 is 0. The molecule has 0 amide bonds. The second-order valence-electron chi connectivity index (χ2n) is 6.13. The first-order valence-electron chi connectivity index (χ1n) is 6.85. The fourth-order valence-electron chi connectivity index (χ4n) is 3.72. The van der Waals surface area contributed by atoms with Crippen LogP contribution < -0.4 is 0 Å². The van der Waals surface area contributed by atoms with Gasteiger partial charge in [-0.15, -0.1) is 0 Å². The van der Waals surface area contributed by atoms with Gasteiger partial charge in [0.25, 0.3) is 0 Å². The maximum atomic E-state index is 2.71. The lowest BCUT2D eigenvalue weighted by Gasteiger charge is -2.53. The van der Waals surface area contributed by atoms with Crippen LogP contribution in [0.15, 0.2) is 0 Å². The zero-order valence-electron chi connectivity index (χ0n) is 10.9. The summed E-state index contributed by atoms with van der Waals surface area (Å²) < 4.78 is 0. The molecule has 0 N–H and O–H groups in total. The maximum Gasteiger partial charge on any atom is 0.00387 e. The van der Waals surface area contributed by atoms with Gasteiger partial charge in [-0.2, -0.15) is 0 Å². The normalized spacial score (nSPS) is 43.0. The number of rotatable bonds is 1. The van der Waals surface area contributed by atoms with Gasteiger partial charge >= 0.3 is 0 Å². The lowest BCUT2D eigenvalue weighted by molar-refractivity contribution is -0.0420. The van der Waals surface area contributed by atoms with E-state index in [0.29, 0.717) is 0 Å². The highest BCUT2D eigenvalue weighted by molar-refractivity contribution is 4.95. The second kappa shape index (κ2) is 4.45. The lowest BCUT2D eigenvalue weighted by atomic mass is 9.56. The lowest BCUT2D eigenvalue weighted by Crippen LogP contribution is -2.52. The van der Waals surface area contributed by atoms with E-state index in [1.807, 2.05) is 0 Å². The molecular weight excluding hydrogens is 182 g/mol. The SMILES string of the molecule is CC1C2CCCCN(C(C)C)CC2[C@H]1C. The monoisotopic (exact) mass is 209 g/mol. The molecule has 1 heteroatoms. The standard InChI is InChI=1S/C14H27N/c1-10(2)15-8-6-5-7-13-11(3)12(4)14(13)9-15/h10-14H,5-9H2,1-4H3/t11?,12-,13?,14?/m0/s1. The summed E-state index contributed by atoms with van der Waals surface area (Å²) in [6.07, 6.45) is 4.38. The Morgan fingerprint density at radius 1 is 1.00 bits per heavy atom. The first kappa shape index (κ1) is 11.4. The fraction of sp³-hybridized carbons (Fsp3) is 1.00. The molecule has 15 heavy (non-hydrogen) atoms. The van der Waals surface area contributed by atoms with Crippen LogP contribution in [0.2, 0.25) is 0 Å². The largest absolute Gasteiger partial charge is 0.301 e. The third-order valence-electron chi connectivity index (χ3n) is 5.14. The van der Waals surface area contributed by atoms with Crippen molar-refractivity contribution < 1.29 is 0 Å². The van der Waals surface area contributed by atoms with E-state index < -0.39 is 0 Å². The molecule has 1 saturated carbocycles. The fourth-order valence-corrected chi connectivity index (χ4v) is 3.72. The molecule has 2 aliphatic rings. The van der Waals surface area contributed by atoms with Gasteiger partial charge < -0.3 is 4.90 Å². The van der Waals surface area contributed by atoms with Gasteiger partial charge in [0.2, 0.25) is 0 Å². The van der Waals surface area contributed by atoms with E-state index in [1.165, 1.54) is 32.4 Å². The summed E-state index contributed by atoms with van der Waals surface area (Å²) in [6, 6.07) is 0.742. The highest BCUT2D eigenvalue weighted by atomic mass is 15.1. The summed E-state index contributed by atoms with van der Waals surface area (Å²) in [5, 5.41) is 0. The number of likely N-dealkylation sites (tertiary alicyclic amines) is 1. The molecule has 4 atom stereocenters. The summed E-state index contributed by atoms with van der Waals surface area (Å²) in [4.78, 5) is 2.71. The third-order valence-corrected chi connectivity index (χ3v) is 5.14. The minimum absolute atomic E-state index is 0.742. The van der Waals surface area contributed by atoms with E-state index in [-0.39, 0.29) is 0 Å². The molecule has 1 aliphatic carbocycles. The molecule has 0 radical (unpaired) electrons. The number of fused-ring (bicyclic) bond motifs is 1. The van der Waals surface area contributed by atoms with Crippen molar-refractivity contribution >= 4 is 0 Å². The van der Waals surface area contributed by atoms with Crippen LogP contribution in [0.3, 0.4) is 0 Å². The van der Waals surface area contributed by atoms with Gasteiger partial charge in [-0.3, -0.25) is 0 Å². The Bertz CT molecular complexity index is 211. The maximum absolute atomic E-state index is 2.71. The van der Waals surface area contributed by atoms with Gasteiger partial charge in [0.1, 0.15) is 0 Å². The molecule has 0 bridgehead atoms. The zero-order chi connectivity index (χ0) is 11.0. The minimum Gasteiger partial charge on any atom is -0.301 e. The molecule has 2 fully saturated rings. The van der Waals surface area contributed by atoms with Crippen molar-refractivity contribution in [3.05, 3.63) is 0 Å². The van der Waals surface area contributed by atoms with E-state index in [9.17, 15) is 0 Å². The van der Waals surface area contributed by atoms with Gasteiger partial charge in [0.15, 0.2) is 0 Å². The summed E-state index contributed by atoms with van der Waals surface area (Å²) in [5.41, 5.74) is 0. The summed E-state index contributed by atoms with van der Waals surface area (Å²) in [7, 11) is 0. The van der Waals surface area contributed by atoms with E-state index >= 15 is 0 Å². The molecule has 1 heterocycles. The Morgan fingerprint density at radius 3 is 2.33 bits per heavy atom. The van der Waals surface area contributed by atoms with Crippen LogP contribution in [0, 0.1) is 23.7 Å². The van der Waals surface area contributed by atoms with Crippen LogP contribution >= 0.6 is 0 Å². The minimum atomic E-state index is 0.742. The Labute approximate surface area is 95.2 Å². The Morgan fingerprint density at radius 2 is 1.67 bits per heavy atom. The Hall–Kier alpha value is -0.0400. The highest BCUT2D eigenvalue weighted by Crippen LogP contribution is 2.49. The molecule has 3 unspecified atom stereocenters. The number of nitrogens with zero attached hydrogens (tertiary/aromatic N) is 1. The average Bonchev–Trinajstić information content (AvgIpc) is 2.17. The summed E-state index contributed by atoms with van der Waals surface area (Å²) in [6.45, 7) is 12.3. The molecule has 88 valence electrons. The molecule has 1 nitrogen and oxygen atoms in total. The van der Waals surface area contributed by atoms with Crippen molar-refractivity contribution in [3.63, 3.8) is 0 Å². The van der Waals surface area contributed by atoms with Crippen LogP contribution in [-0.2, 0) is 0 Å². The van der Waals surface area contributed by atoms with Crippen molar-refractivity contribution in [1.29, 1.82) is 0 Å². The predicted octanol–water partition coefficient (Wildman–Crippen LogP) is 3.40. The second-order valence-corrected chi connectivity index (χ2v) is 6.13. The van der Waals surface area contributed by atoms with Crippen molar-refractivity contribution in [3.8, 4) is 0 Å². The van der Waals surface area contributed by atoms with Gasteiger partial charge in [0.05, 0.1) is 0 Å². The van der Waals surface area contributed by atoms with Crippen LogP contribution in [0.1, 0.15) is 47.0 Å². The van der Waals surface area contributed by atoms with Crippen molar-refractivity contribution in [2.45, 2.75) is 53.0 Å². The number of hydrogen-bond donors (Lipinski definition) is 0. The van der Waals surface area contributed by atoms with Crippen LogP contribution in [0.25, 0.3) is 0 Å². The molecule has 0 spiro atoms. The van der Waals surface area contributed by atoms with E-state index in [2.05, 4.69) is 32.6 Å². The van der Waals surface area contributed by atoms with E-state index in [4.69, 9.17) is 0 Å². The molecule has 1 saturated heterocycles. The first-order valence-corrected chi connectivity index (χ1v) is 6.85. The molecular formula is C14H27N. The molecule has 2 rings (SSSR count). The predicted molar refractivity (Wildman–Crippen MR) is 65.9 cm³/mol. The number of hydrogen-bond acceptors (Lipinski definition) is 1. The highest BCUT2D eigenvalue weighted by Gasteiger charge is 2.45. The van der Waals surface area contributed by atoms with Crippen LogP contribution in [0.5, 0.6) is 0 Å². The van der Waals surface area contributed by atoms with Gasteiger partial charge in [-0.1, -0.05) is 20.3 Å². The molecule has 0 aromatic rings. The van der Waals surface area contributed by atoms with Crippen molar-refractivity contribution in [2.24, 2.45) is 23.7 Å². The van der Waals surface area contributed by atoms with Crippen molar-refractivity contribution in [2.75, 3.05) is 13.1 Å². The van der Waals surface area contributed by atoms with E-state index in [1.54, 1.807) is 0 Å². The Kier molecular flexibility index (Phi) is 3.39. The first-order chi connectivity index (χ1) is 7.11. The summed E-state index contributed by atoms with van der Waals surface area (Å²) in [5.74, 6) is 4.00. The topological polar surface area (TPSA) is 3.24 Å². The average molecular weight is 209 g/mol. The van der Waals surface area contributed by atoms with Gasteiger partial charge in [-0.25, -0.2) is 0 Å². The molecule has 0 aromatic carbocycles.